The van der Waals surface area contributed by atoms with Crippen molar-refractivity contribution in [2.24, 2.45) is 0 Å². The van der Waals surface area contributed by atoms with Crippen molar-refractivity contribution in [3.63, 3.8) is 0 Å². The number of fused-ring (bicyclic) bond motifs is 2. The molecule has 0 unspecified atom stereocenters. The van der Waals surface area contributed by atoms with Crippen LogP contribution in [0, 0.1) is 20.8 Å². The summed E-state index contributed by atoms with van der Waals surface area (Å²) in [6.07, 6.45) is 10.4. The number of amides is 2. The van der Waals surface area contributed by atoms with E-state index in [0.29, 0.717) is 17.3 Å². The molecule has 12 nitrogen and oxygen atoms in total. The Labute approximate surface area is 306 Å². The van der Waals surface area contributed by atoms with E-state index in [1.54, 1.807) is 46.9 Å². The molecule has 6 heterocycles. The fraction of sp³-hybridized carbons (Fsp3) is 0.231. The van der Waals surface area contributed by atoms with Gasteiger partial charge in [0, 0.05) is 42.0 Å². The van der Waals surface area contributed by atoms with Crippen molar-refractivity contribution in [2.75, 3.05) is 9.80 Å². The molecule has 2 aromatic carbocycles. The van der Waals surface area contributed by atoms with Crippen LogP contribution < -0.4 is 9.80 Å². The lowest BCUT2D eigenvalue weighted by atomic mass is 9.85. The number of carbonyl (C=O) groups excluding carboxylic acids is 2. The van der Waals surface area contributed by atoms with Crippen molar-refractivity contribution in [3.8, 4) is 22.3 Å². The molecule has 8 rings (SSSR count). The molecule has 0 bridgehead atoms. The average molecular weight is 711 g/mol. The third kappa shape index (κ3) is 6.04. The maximum atomic E-state index is 13.1. The number of aromatic nitrogens is 8. The number of hydrogen-bond donors (Lipinski definition) is 0. The second kappa shape index (κ2) is 13.0. The minimum atomic E-state index is -0.645. The van der Waals surface area contributed by atoms with Crippen LogP contribution in [0.1, 0.15) is 56.0 Å². The molecule has 0 saturated carbocycles. The second-order valence-corrected chi connectivity index (χ2v) is 14.2. The first-order valence-corrected chi connectivity index (χ1v) is 17.0. The van der Waals surface area contributed by atoms with Gasteiger partial charge in [0.25, 0.3) is 0 Å². The van der Waals surface area contributed by atoms with Crippen LogP contribution in [0.15, 0.2) is 85.7 Å². The molecule has 13 heteroatoms. The van der Waals surface area contributed by atoms with E-state index in [0.717, 1.165) is 56.1 Å². The highest BCUT2D eigenvalue weighted by Crippen LogP contribution is 2.48. The van der Waals surface area contributed by atoms with Gasteiger partial charge in [-0.15, -0.1) is 10.2 Å². The molecule has 0 radical (unpaired) electrons. The van der Waals surface area contributed by atoms with Crippen LogP contribution >= 0.6 is 11.6 Å². The van der Waals surface area contributed by atoms with Gasteiger partial charge in [0.1, 0.15) is 11.6 Å². The smallest absolute Gasteiger partial charge is 0.242 e. The molecule has 2 amide bonds. The number of nitrogens with zero attached hydrogens (tertiary/aromatic N) is 10. The van der Waals surface area contributed by atoms with Crippen LogP contribution in [0.4, 0.5) is 22.9 Å². The molecular formula is C39H35ClN10O2. The first-order chi connectivity index (χ1) is 24.8. The molecule has 2 aliphatic rings. The van der Waals surface area contributed by atoms with Crippen molar-refractivity contribution in [3.05, 3.63) is 119 Å². The quantitative estimate of drug-likeness (QED) is 0.182. The SMILES string of the molecule is Cc1cnnc(N2C(=O)C(C)(C)c3ccc(-c4cnc(C)nc4)cc32)c1.Cc1ncc(-c2ccc3c(c2)N(c2cnnc(Cl)c2)C(=O)C3(C)C)cn1. The highest BCUT2D eigenvalue weighted by molar-refractivity contribution is 6.29. The number of rotatable bonds is 4. The zero-order valence-electron chi connectivity index (χ0n) is 29.7. The zero-order chi connectivity index (χ0) is 36.9. The topological polar surface area (TPSA) is 144 Å². The molecular weight excluding hydrogens is 676 g/mol. The van der Waals surface area contributed by atoms with Crippen molar-refractivity contribution in [2.45, 2.75) is 59.3 Å². The number of carbonyl (C=O) groups is 2. The van der Waals surface area contributed by atoms with Gasteiger partial charge in [-0.25, -0.2) is 19.9 Å². The minimum absolute atomic E-state index is 0.00953. The lowest BCUT2D eigenvalue weighted by Crippen LogP contribution is -2.33. The Bertz CT molecular complexity index is 2200. The number of benzene rings is 2. The van der Waals surface area contributed by atoms with Crippen molar-refractivity contribution >= 4 is 46.3 Å². The summed E-state index contributed by atoms with van der Waals surface area (Å²) >= 11 is 5.98. The monoisotopic (exact) mass is 710 g/mol. The van der Waals surface area contributed by atoms with Gasteiger partial charge >= 0.3 is 0 Å². The summed E-state index contributed by atoms with van der Waals surface area (Å²) in [5.74, 6) is 1.94. The van der Waals surface area contributed by atoms with E-state index < -0.39 is 10.8 Å². The van der Waals surface area contributed by atoms with Crippen LogP contribution in [0.5, 0.6) is 0 Å². The summed E-state index contributed by atoms with van der Waals surface area (Å²) in [5, 5.41) is 16.1. The molecule has 0 N–H and O–H groups in total. The minimum Gasteiger partial charge on any atom is -0.278 e. The van der Waals surface area contributed by atoms with Gasteiger partial charge in [-0.3, -0.25) is 19.4 Å². The van der Waals surface area contributed by atoms with Crippen LogP contribution in [0.2, 0.25) is 5.15 Å². The summed E-state index contributed by atoms with van der Waals surface area (Å²) in [7, 11) is 0. The number of halogens is 1. The van der Waals surface area contributed by atoms with E-state index in [1.807, 2.05) is 90.9 Å². The van der Waals surface area contributed by atoms with Gasteiger partial charge < -0.3 is 0 Å². The predicted octanol–water partition coefficient (Wildman–Crippen LogP) is 7.36. The molecule has 0 saturated heterocycles. The van der Waals surface area contributed by atoms with Gasteiger partial charge in [-0.2, -0.15) is 10.2 Å². The van der Waals surface area contributed by atoms with Gasteiger partial charge in [-0.05, 0) is 94.5 Å². The molecule has 6 aromatic rings. The van der Waals surface area contributed by atoms with E-state index in [2.05, 4.69) is 40.3 Å². The normalized spacial score (nSPS) is 15.2. The van der Waals surface area contributed by atoms with Gasteiger partial charge in [0.05, 0.1) is 40.3 Å². The van der Waals surface area contributed by atoms with Gasteiger partial charge in [0.2, 0.25) is 11.8 Å². The maximum Gasteiger partial charge on any atom is 0.242 e. The highest BCUT2D eigenvalue weighted by Gasteiger charge is 2.46. The molecule has 4 aromatic heterocycles. The number of aryl methyl sites for hydroxylation is 3. The second-order valence-electron chi connectivity index (χ2n) is 13.9. The third-order valence-electron chi connectivity index (χ3n) is 9.40. The predicted molar refractivity (Wildman–Crippen MR) is 199 cm³/mol. The third-order valence-corrected chi connectivity index (χ3v) is 9.59. The first kappa shape index (κ1) is 34.4. The van der Waals surface area contributed by atoms with E-state index in [-0.39, 0.29) is 17.0 Å². The lowest BCUT2D eigenvalue weighted by molar-refractivity contribution is -0.122. The Morgan fingerprint density at radius 3 is 1.54 bits per heavy atom. The summed E-state index contributed by atoms with van der Waals surface area (Å²) in [6, 6.07) is 15.5. The summed E-state index contributed by atoms with van der Waals surface area (Å²) in [6.45, 7) is 13.3. The Hall–Kier alpha value is -6.01. The van der Waals surface area contributed by atoms with E-state index in [1.165, 1.54) is 6.20 Å². The zero-order valence-corrected chi connectivity index (χ0v) is 30.5. The molecule has 2 aliphatic heterocycles. The average Bonchev–Trinajstić information content (AvgIpc) is 3.45. The van der Waals surface area contributed by atoms with Crippen LogP contribution in [-0.4, -0.2) is 52.1 Å². The standard InChI is InChI=1S/C20H19N5O.C19H16ClN5O/c1-12-7-18(24-23-9-12)25-17-8-14(15-10-21-13(2)22-11-15)5-6-16(17)20(3,4)19(25)26;1-11-21-8-13(9-22-11)12-4-5-15-16(6-12)25(18(26)19(15,2)3)14-7-17(20)24-23-10-14/h5-11H,1-4H3;4-10H,1-3H3. The molecule has 0 fully saturated rings. The lowest BCUT2D eigenvalue weighted by Gasteiger charge is -2.20. The van der Waals surface area contributed by atoms with E-state index in [9.17, 15) is 9.59 Å². The Balaban J connectivity index is 0.000000162. The number of hydrogen-bond acceptors (Lipinski definition) is 10. The Kier molecular flexibility index (Phi) is 8.58. The first-order valence-electron chi connectivity index (χ1n) is 16.6. The molecule has 0 atom stereocenters. The molecule has 0 spiro atoms. The van der Waals surface area contributed by atoms with Crippen molar-refractivity contribution < 1.29 is 9.59 Å². The van der Waals surface area contributed by atoms with Crippen molar-refractivity contribution in [1.29, 1.82) is 0 Å². The maximum absolute atomic E-state index is 13.1. The molecule has 260 valence electrons. The Morgan fingerprint density at radius 1 is 0.558 bits per heavy atom. The van der Waals surface area contributed by atoms with E-state index in [4.69, 9.17) is 11.6 Å². The van der Waals surface area contributed by atoms with Crippen LogP contribution in [0.25, 0.3) is 22.3 Å². The highest BCUT2D eigenvalue weighted by atomic mass is 35.5. The summed E-state index contributed by atoms with van der Waals surface area (Å²) in [5.41, 5.74) is 7.54. The summed E-state index contributed by atoms with van der Waals surface area (Å²) in [4.78, 5) is 46.6. The number of anilines is 4. The van der Waals surface area contributed by atoms with Gasteiger partial charge in [0.15, 0.2) is 11.0 Å². The fourth-order valence-corrected chi connectivity index (χ4v) is 6.59. The van der Waals surface area contributed by atoms with E-state index >= 15 is 0 Å². The van der Waals surface area contributed by atoms with Crippen LogP contribution in [0.3, 0.4) is 0 Å². The summed E-state index contributed by atoms with van der Waals surface area (Å²) < 4.78 is 0. The Morgan fingerprint density at radius 2 is 1.04 bits per heavy atom. The van der Waals surface area contributed by atoms with Crippen LogP contribution in [-0.2, 0) is 20.4 Å². The van der Waals surface area contributed by atoms with Gasteiger partial charge in [-0.1, -0.05) is 35.9 Å². The molecule has 52 heavy (non-hydrogen) atoms. The molecule has 0 aliphatic carbocycles. The van der Waals surface area contributed by atoms with Crippen molar-refractivity contribution in [1.82, 2.24) is 40.3 Å². The fourth-order valence-electron chi connectivity index (χ4n) is 6.44. The largest absolute Gasteiger partial charge is 0.278 e.